The van der Waals surface area contributed by atoms with E-state index in [9.17, 15) is 17.6 Å². The van der Waals surface area contributed by atoms with Crippen LogP contribution >= 0.6 is 0 Å². The molecule has 2 aliphatic heterocycles. The summed E-state index contributed by atoms with van der Waals surface area (Å²) in [4.78, 5) is 17.1. The molecule has 8 heteroatoms. The van der Waals surface area contributed by atoms with Crippen LogP contribution in [-0.4, -0.2) is 56.3 Å². The number of halogens is 1. The second-order valence-corrected chi connectivity index (χ2v) is 10.9. The predicted octanol–water partition coefficient (Wildman–Crippen LogP) is 3.93. The van der Waals surface area contributed by atoms with Crippen LogP contribution in [0.5, 0.6) is 0 Å². The van der Waals surface area contributed by atoms with Gasteiger partial charge in [-0.3, -0.25) is 9.69 Å². The molecule has 1 saturated heterocycles. The van der Waals surface area contributed by atoms with E-state index in [4.69, 9.17) is 0 Å². The number of rotatable bonds is 5. The van der Waals surface area contributed by atoms with Gasteiger partial charge in [0, 0.05) is 44.8 Å². The Kier molecular flexibility index (Phi) is 6.69. The van der Waals surface area contributed by atoms with Crippen LogP contribution in [-0.2, 0) is 23.0 Å². The number of anilines is 1. The van der Waals surface area contributed by atoms with E-state index >= 15 is 0 Å². The maximum Gasteiger partial charge on any atom is 0.258 e. The van der Waals surface area contributed by atoms with Gasteiger partial charge in [-0.05, 0) is 48.2 Å². The first kappa shape index (κ1) is 23.7. The number of carbonyl (C=O) groups is 1. The molecule has 0 aromatic heterocycles. The summed E-state index contributed by atoms with van der Waals surface area (Å²) in [6.45, 7) is 3.23. The lowest BCUT2D eigenvalue weighted by atomic mass is 10.0. The van der Waals surface area contributed by atoms with E-state index in [1.54, 1.807) is 18.2 Å². The SMILES string of the molecule is O=C(c1cccc(S(=O)(=O)N2CCN(Cc3ccccc3)CC2)c1)N1CCCc2cccc(F)c21. The Morgan fingerprint density at radius 2 is 1.60 bits per heavy atom. The van der Waals surface area contributed by atoms with Gasteiger partial charge < -0.3 is 4.90 Å². The van der Waals surface area contributed by atoms with Crippen molar-refractivity contribution in [1.82, 2.24) is 9.21 Å². The average molecular weight is 494 g/mol. The summed E-state index contributed by atoms with van der Waals surface area (Å²) >= 11 is 0. The van der Waals surface area contributed by atoms with Crippen LogP contribution in [0.25, 0.3) is 0 Å². The van der Waals surface area contributed by atoms with E-state index in [0.717, 1.165) is 18.5 Å². The zero-order chi connectivity index (χ0) is 24.4. The first-order chi connectivity index (χ1) is 16.9. The van der Waals surface area contributed by atoms with Crippen LogP contribution in [0.1, 0.15) is 27.9 Å². The third kappa shape index (κ3) is 4.87. The number of para-hydroxylation sites is 1. The Balaban J connectivity index is 1.31. The molecule has 1 amide bonds. The number of fused-ring (bicyclic) bond motifs is 1. The number of piperazine rings is 1. The minimum Gasteiger partial charge on any atom is -0.305 e. The minimum absolute atomic E-state index is 0.0885. The summed E-state index contributed by atoms with van der Waals surface area (Å²) in [5.74, 6) is -0.825. The van der Waals surface area contributed by atoms with Crippen molar-refractivity contribution in [3.05, 3.63) is 95.3 Å². The van der Waals surface area contributed by atoms with Gasteiger partial charge in [0.25, 0.3) is 5.91 Å². The summed E-state index contributed by atoms with van der Waals surface area (Å²) in [5, 5.41) is 0. The van der Waals surface area contributed by atoms with E-state index in [1.807, 2.05) is 24.3 Å². The number of hydrogen-bond acceptors (Lipinski definition) is 4. The number of hydrogen-bond donors (Lipinski definition) is 0. The van der Waals surface area contributed by atoms with Crippen molar-refractivity contribution >= 4 is 21.6 Å². The molecule has 182 valence electrons. The highest BCUT2D eigenvalue weighted by Crippen LogP contribution is 2.31. The molecule has 0 N–H and O–H groups in total. The van der Waals surface area contributed by atoms with Crippen LogP contribution in [0, 0.1) is 5.82 Å². The van der Waals surface area contributed by atoms with Crippen molar-refractivity contribution in [3.63, 3.8) is 0 Å². The highest BCUT2D eigenvalue weighted by Gasteiger charge is 2.31. The van der Waals surface area contributed by atoms with Crippen LogP contribution in [0.2, 0.25) is 0 Å². The van der Waals surface area contributed by atoms with Crippen LogP contribution in [0.3, 0.4) is 0 Å². The maximum absolute atomic E-state index is 14.6. The molecule has 0 aliphatic carbocycles. The topological polar surface area (TPSA) is 60.9 Å². The molecule has 0 radical (unpaired) electrons. The smallest absolute Gasteiger partial charge is 0.258 e. The number of nitrogens with zero attached hydrogens (tertiary/aromatic N) is 3. The molecule has 3 aromatic carbocycles. The molecule has 1 fully saturated rings. The number of sulfonamides is 1. The zero-order valence-electron chi connectivity index (χ0n) is 19.4. The molecular weight excluding hydrogens is 465 g/mol. The van der Waals surface area contributed by atoms with Crippen molar-refractivity contribution in [3.8, 4) is 0 Å². The predicted molar refractivity (Wildman–Crippen MR) is 133 cm³/mol. The van der Waals surface area contributed by atoms with E-state index < -0.39 is 15.8 Å². The summed E-state index contributed by atoms with van der Waals surface area (Å²) in [6.07, 6.45) is 1.44. The van der Waals surface area contributed by atoms with E-state index in [-0.39, 0.29) is 16.4 Å². The molecule has 3 aromatic rings. The lowest BCUT2D eigenvalue weighted by Gasteiger charge is -2.34. The van der Waals surface area contributed by atoms with Crippen LogP contribution in [0.15, 0.2) is 77.7 Å². The van der Waals surface area contributed by atoms with Gasteiger partial charge in [-0.15, -0.1) is 0 Å². The Morgan fingerprint density at radius 1 is 0.857 bits per heavy atom. The summed E-state index contributed by atoms with van der Waals surface area (Å²) < 4.78 is 42.8. The fraction of sp³-hybridized carbons (Fsp3) is 0.296. The molecular formula is C27H28FN3O3S. The first-order valence-corrected chi connectivity index (χ1v) is 13.3. The molecule has 5 rings (SSSR count). The third-order valence-corrected chi connectivity index (χ3v) is 8.61. The molecule has 0 saturated carbocycles. The summed E-state index contributed by atoms with van der Waals surface area (Å²) in [5.41, 5.74) is 2.53. The molecule has 0 unspecified atom stereocenters. The molecule has 0 spiro atoms. The molecule has 2 aliphatic rings. The second kappa shape index (κ2) is 9.89. The third-order valence-electron chi connectivity index (χ3n) is 6.71. The number of amides is 1. The van der Waals surface area contributed by atoms with Crippen molar-refractivity contribution in [2.45, 2.75) is 24.3 Å². The summed E-state index contributed by atoms with van der Waals surface area (Å²) in [6, 6.07) is 21.1. The molecule has 6 nitrogen and oxygen atoms in total. The highest BCUT2D eigenvalue weighted by molar-refractivity contribution is 7.89. The molecule has 35 heavy (non-hydrogen) atoms. The van der Waals surface area contributed by atoms with Gasteiger partial charge in [0.15, 0.2) is 0 Å². The van der Waals surface area contributed by atoms with E-state index in [2.05, 4.69) is 17.0 Å². The maximum atomic E-state index is 14.6. The van der Waals surface area contributed by atoms with Gasteiger partial charge in [0.05, 0.1) is 10.6 Å². The first-order valence-electron chi connectivity index (χ1n) is 11.9. The fourth-order valence-corrected chi connectivity index (χ4v) is 6.34. The zero-order valence-corrected chi connectivity index (χ0v) is 20.3. The Hall–Kier alpha value is -3.07. The van der Waals surface area contributed by atoms with Crippen LogP contribution in [0.4, 0.5) is 10.1 Å². The lowest BCUT2D eigenvalue weighted by molar-refractivity contribution is 0.0984. The molecule has 0 bridgehead atoms. The van der Waals surface area contributed by atoms with E-state index in [1.165, 1.54) is 33.0 Å². The van der Waals surface area contributed by atoms with E-state index in [0.29, 0.717) is 44.8 Å². The number of aryl methyl sites for hydroxylation is 1. The normalized spacial score (nSPS) is 17.2. The van der Waals surface area contributed by atoms with Crippen molar-refractivity contribution < 1.29 is 17.6 Å². The van der Waals surface area contributed by atoms with Crippen LogP contribution < -0.4 is 4.90 Å². The fourth-order valence-electron chi connectivity index (χ4n) is 4.87. The summed E-state index contributed by atoms with van der Waals surface area (Å²) in [7, 11) is -3.75. The van der Waals surface area contributed by atoms with Crippen molar-refractivity contribution in [2.75, 3.05) is 37.6 Å². The van der Waals surface area contributed by atoms with Gasteiger partial charge in [0.1, 0.15) is 5.82 Å². The minimum atomic E-state index is -3.75. The Bertz CT molecular complexity index is 1320. The Morgan fingerprint density at radius 3 is 2.37 bits per heavy atom. The standard InChI is InChI=1S/C27H28FN3O3S/c28-25-13-5-9-22-11-6-14-31(26(22)25)27(32)23-10-4-12-24(19-23)35(33,34)30-17-15-29(16-18-30)20-21-7-2-1-3-8-21/h1-5,7-10,12-13,19H,6,11,14-18,20H2. The van der Waals surface area contributed by atoms with Gasteiger partial charge in [-0.2, -0.15) is 4.31 Å². The van der Waals surface area contributed by atoms with Gasteiger partial charge in [-0.1, -0.05) is 48.5 Å². The van der Waals surface area contributed by atoms with Crippen molar-refractivity contribution in [1.29, 1.82) is 0 Å². The molecule has 2 heterocycles. The molecule has 0 atom stereocenters. The quantitative estimate of drug-likeness (QED) is 0.541. The Labute approximate surface area is 205 Å². The highest BCUT2D eigenvalue weighted by atomic mass is 32.2. The van der Waals surface area contributed by atoms with Crippen molar-refractivity contribution in [2.24, 2.45) is 0 Å². The number of carbonyl (C=O) groups excluding carboxylic acids is 1. The monoisotopic (exact) mass is 493 g/mol. The van der Waals surface area contributed by atoms with Gasteiger partial charge >= 0.3 is 0 Å². The lowest BCUT2D eigenvalue weighted by Crippen LogP contribution is -2.48. The average Bonchev–Trinajstić information content (AvgIpc) is 2.89. The largest absolute Gasteiger partial charge is 0.305 e. The van der Waals surface area contributed by atoms with Gasteiger partial charge in [0.2, 0.25) is 10.0 Å². The second-order valence-electron chi connectivity index (χ2n) is 9.00. The number of benzene rings is 3. The van der Waals surface area contributed by atoms with Gasteiger partial charge in [-0.25, -0.2) is 12.8 Å².